The van der Waals surface area contributed by atoms with E-state index in [1.807, 2.05) is 28.8 Å². The summed E-state index contributed by atoms with van der Waals surface area (Å²) in [4.78, 5) is 17.2. The van der Waals surface area contributed by atoms with Crippen LogP contribution in [0.5, 0.6) is 0 Å². The number of aromatic nitrogens is 1. The Morgan fingerprint density at radius 3 is 2.78 bits per heavy atom. The highest BCUT2D eigenvalue weighted by Crippen LogP contribution is 2.18. The zero-order valence-electron chi connectivity index (χ0n) is 14.8. The molecule has 1 saturated heterocycles. The van der Waals surface area contributed by atoms with Crippen molar-refractivity contribution in [1.29, 1.82) is 0 Å². The second kappa shape index (κ2) is 7.62. The first kappa shape index (κ1) is 17.9. The zero-order valence-corrected chi connectivity index (χ0v) is 15.6. The van der Waals surface area contributed by atoms with Gasteiger partial charge in [-0.3, -0.25) is 14.3 Å². The number of rotatable bonds is 3. The average molecular weight is 385 g/mol. The van der Waals surface area contributed by atoms with Crippen LogP contribution in [-0.2, 0) is 6.67 Å². The van der Waals surface area contributed by atoms with Crippen LogP contribution in [0, 0.1) is 10.7 Å². The maximum Gasteiger partial charge on any atom is 0.270 e. The third kappa shape index (κ3) is 3.79. The van der Waals surface area contributed by atoms with Gasteiger partial charge in [-0.2, -0.15) is 0 Å². The van der Waals surface area contributed by atoms with Gasteiger partial charge in [0.05, 0.1) is 12.2 Å². The molecular formula is C20H20FN3O2S. The highest BCUT2D eigenvalue weighted by atomic mass is 32.1. The number of nitrogens with zero attached hydrogens (tertiary/aromatic N) is 3. The van der Waals surface area contributed by atoms with Gasteiger partial charge in [0.1, 0.15) is 5.82 Å². The highest BCUT2D eigenvalue weighted by Gasteiger charge is 2.21. The predicted molar refractivity (Wildman–Crippen MR) is 104 cm³/mol. The zero-order chi connectivity index (χ0) is 18.8. The maximum atomic E-state index is 13.4. The Labute approximate surface area is 161 Å². The van der Waals surface area contributed by atoms with Crippen LogP contribution in [-0.4, -0.2) is 46.5 Å². The average Bonchev–Trinajstić information content (AvgIpc) is 2.83. The van der Waals surface area contributed by atoms with Gasteiger partial charge in [-0.15, -0.1) is 0 Å². The summed E-state index contributed by atoms with van der Waals surface area (Å²) >= 11 is 5.37. The third-order valence-corrected chi connectivity index (χ3v) is 5.17. The molecule has 1 aliphatic rings. The first-order valence-electron chi connectivity index (χ1n) is 8.97. The quantitative estimate of drug-likeness (QED) is 0.641. The number of carbonyl (C=O) groups excluding carboxylic acids is 1. The Morgan fingerprint density at radius 1 is 1.07 bits per heavy atom. The molecule has 7 heteroatoms. The van der Waals surface area contributed by atoms with Crippen molar-refractivity contribution in [3.05, 3.63) is 64.7 Å². The van der Waals surface area contributed by atoms with Gasteiger partial charge < -0.3 is 9.32 Å². The van der Waals surface area contributed by atoms with Crippen LogP contribution in [0.2, 0.25) is 0 Å². The van der Waals surface area contributed by atoms with Crippen LogP contribution < -0.4 is 0 Å². The molecule has 140 valence electrons. The lowest BCUT2D eigenvalue weighted by Gasteiger charge is -2.22. The number of hydrogen-bond donors (Lipinski definition) is 0. The molecule has 0 bridgehead atoms. The summed E-state index contributed by atoms with van der Waals surface area (Å²) < 4.78 is 21.0. The lowest BCUT2D eigenvalue weighted by molar-refractivity contribution is 0.0759. The van der Waals surface area contributed by atoms with Gasteiger partial charge in [-0.05, 0) is 49.0 Å². The summed E-state index contributed by atoms with van der Waals surface area (Å²) in [5, 5.41) is 0. The third-order valence-electron chi connectivity index (χ3n) is 4.86. The lowest BCUT2D eigenvalue weighted by atomic mass is 10.2. The topological polar surface area (TPSA) is 41.6 Å². The molecule has 0 atom stereocenters. The molecular weight excluding hydrogens is 365 g/mol. The van der Waals surface area contributed by atoms with E-state index < -0.39 is 5.82 Å². The van der Waals surface area contributed by atoms with Crippen molar-refractivity contribution in [2.45, 2.75) is 13.1 Å². The number of para-hydroxylation sites is 2. The standard InChI is InChI=1S/C20H20FN3O2S/c21-16-6-3-5-15(13-16)19(25)23-10-4-9-22(11-12-23)14-24-17-7-1-2-8-18(17)26-20(24)27/h1-3,5-8,13H,4,9-12,14H2. The van der Waals surface area contributed by atoms with Crippen molar-refractivity contribution in [2.24, 2.45) is 0 Å². The molecule has 0 N–H and O–H groups in total. The minimum Gasteiger partial charge on any atom is -0.429 e. The molecule has 1 aliphatic heterocycles. The SMILES string of the molecule is O=C(c1cccc(F)c1)N1CCCN(Cn2c(=S)oc3ccccc32)CC1. The van der Waals surface area contributed by atoms with Crippen molar-refractivity contribution < 1.29 is 13.6 Å². The molecule has 2 heterocycles. The molecule has 0 spiro atoms. The summed E-state index contributed by atoms with van der Waals surface area (Å²) in [5.74, 6) is -0.514. The van der Waals surface area contributed by atoms with E-state index in [2.05, 4.69) is 4.90 Å². The summed E-state index contributed by atoms with van der Waals surface area (Å²) in [7, 11) is 0. The minimum atomic E-state index is -0.390. The van der Waals surface area contributed by atoms with Crippen molar-refractivity contribution in [2.75, 3.05) is 26.2 Å². The van der Waals surface area contributed by atoms with E-state index in [9.17, 15) is 9.18 Å². The van der Waals surface area contributed by atoms with Crippen molar-refractivity contribution >= 4 is 29.2 Å². The molecule has 1 aromatic heterocycles. The summed E-state index contributed by atoms with van der Waals surface area (Å²) in [6.45, 7) is 3.45. The van der Waals surface area contributed by atoms with Crippen molar-refractivity contribution in [3.8, 4) is 0 Å². The van der Waals surface area contributed by atoms with Gasteiger partial charge in [0.15, 0.2) is 5.58 Å². The molecule has 0 radical (unpaired) electrons. The number of carbonyl (C=O) groups is 1. The van der Waals surface area contributed by atoms with Gasteiger partial charge in [0, 0.05) is 31.7 Å². The van der Waals surface area contributed by atoms with Gasteiger partial charge >= 0.3 is 0 Å². The van der Waals surface area contributed by atoms with Crippen LogP contribution in [0.25, 0.3) is 11.1 Å². The van der Waals surface area contributed by atoms with Gasteiger partial charge in [0.25, 0.3) is 10.7 Å². The van der Waals surface area contributed by atoms with E-state index in [1.54, 1.807) is 17.0 Å². The Hall–Kier alpha value is -2.51. The first-order chi connectivity index (χ1) is 13.1. The molecule has 4 rings (SSSR count). The van der Waals surface area contributed by atoms with E-state index in [-0.39, 0.29) is 5.91 Å². The molecule has 0 unspecified atom stereocenters. The monoisotopic (exact) mass is 385 g/mol. The fourth-order valence-corrected chi connectivity index (χ4v) is 3.71. The molecule has 2 aromatic carbocycles. The number of halogens is 1. The number of fused-ring (bicyclic) bond motifs is 1. The van der Waals surface area contributed by atoms with E-state index in [1.165, 1.54) is 12.1 Å². The predicted octanol–water partition coefficient (Wildman–Crippen LogP) is 3.91. The summed E-state index contributed by atoms with van der Waals surface area (Å²) in [5.41, 5.74) is 2.14. The Bertz CT molecular complexity index is 1030. The van der Waals surface area contributed by atoms with Crippen LogP contribution in [0.3, 0.4) is 0 Å². The highest BCUT2D eigenvalue weighted by molar-refractivity contribution is 7.71. The van der Waals surface area contributed by atoms with Crippen molar-refractivity contribution in [3.63, 3.8) is 0 Å². The number of hydrogen-bond acceptors (Lipinski definition) is 4. The largest absolute Gasteiger partial charge is 0.429 e. The lowest BCUT2D eigenvalue weighted by Crippen LogP contribution is -2.35. The van der Waals surface area contributed by atoms with Gasteiger partial charge in [0.2, 0.25) is 0 Å². The molecule has 1 fully saturated rings. The van der Waals surface area contributed by atoms with E-state index in [0.717, 1.165) is 30.6 Å². The van der Waals surface area contributed by atoms with E-state index in [0.29, 0.717) is 30.2 Å². The molecule has 27 heavy (non-hydrogen) atoms. The number of oxazole rings is 1. The van der Waals surface area contributed by atoms with Crippen LogP contribution in [0.4, 0.5) is 4.39 Å². The van der Waals surface area contributed by atoms with Crippen LogP contribution in [0.1, 0.15) is 16.8 Å². The Morgan fingerprint density at radius 2 is 1.93 bits per heavy atom. The van der Waals surface area contributed by atoms with Crippen LogP contribution in [0.15, 0.2) is 52.9 Å². The van der Waals surface area contributed by atoms with E-state index >= 15 is 0 Å². The first-order valence-corrected chi connectivity index (χ1v) is 9.38. The second-order valence-corrected chi connectivity index (χ2v) is 7.03. The fraction of sp³-hybridized carbons (Fsp3) is 0.300. The number of amides is 1. The van der Waals surface area contributed by atoms with E-state index in [4.69, 9.17) is 16.6 Å². The maximum absolute atomic E-state index is 13.4. The summed E-state index contributed by atoms with van der Waals surface area (Å²) in [6.07, 6.45) is 0.851. The minimum absolute atomic E-state index is 0.123. The summed E-state index contributed by atoms with van der Waals surface area (Å²) in [6, 6.07) is 13.7. The number of benzene rings is 2. The van der Waals surface area contributed by atoms with Crippen LogP contribution >= 0.6 is 12.2 Å². The second-order valence-electron chi connectivity index (χ2n) is 6.68. The molecule has 0 aliphatic carbocycles. The molecule has 3 aromatic rings. The smallest absolute Gasteiger partial charge is 0.270 e. The molecule has 1 amide bonds. The fourth-order valence-electron chi connectivity index (χ4n) is 3.47. The Kier molecular flexibility index (Phi) is 5.05. The molecule has 0 saturated carbocycles. The Balaban J connectivity index is 1.46. The van der Waals surface area contributed by atoms with Crippen molar-refractivity contribution in [1.82, 2.24) is 14.4 Å². The van der Waals surface area contributed by atoms with Gasteiger partial charge in [-0.25, -0.2) is 4.39 Å². The molecule has 5 nitrogen and oxygen atoms in total. The van der Waals surface area contributed by atoms with Gasteiger partial charge in [-0.1, -0.05) is 18.2 Å². The normalized spacial score (nSPS) is 15.8.